The first kappa shape index (κ1) is 20.1. The molecule has 3 aromatic carbocycles. The summed E-state index contributed by atoms with van der Waals surface area (Å²) in [5.41, 5.74) is 2.49. The summed E-state index contributed by atoms with van der Waals surface area (Å²) in [6.45, 7) is 0.372. The van der Waals surface area contributed by atoms with Crippen LogP contribution in [0.15, 0.2) is 95.0 Å². The maximum absolute atomic E-state index is 13.0. The Morgan fingerprint density at radius 1 is 0.900 bits per heavy atom. The second-order valence-electron chi connectivity index (χ2n) is 7.15. The van der Waals surface area contributed by atoms with Gasteiger partial charge in [-0.15, -0.1) is 0 Å². The van der Waals surface area contributed by atoms with Gasteiger partial charge >= 0.3 is 0 Å². The van der Waals surface area contributed by atoms with Gasteiger partial charge in [0.25, 0.3) is 11.7 Å². The zero-order valence-electron chi connectivity index (χ0n) is 16.2. The maximum Gasteiger partial charge on any atom is 0.295 e. The minimum absolute atomic E-state index is 0.123. The van der Waals surface area contributed by atoms with E-state index in [-0.39, 0.29) is 11.3 Å². The lowest BCUT2D eigenvalue weighted by atomic mass is 9.95. The van der Waals surface area contributed by atoms with Gasteiger partial charge in [-0.1, -0.05) is 88.7 Å². The molecule has 4 rings (SSSR count). The zero-order valence-corrected chi connectivity index (χ0v) is 17.7. The number of aliphatic hydroxyl groups is 1. The average molecular weight is 462 g/mol. The van der Waals surface area contributed by atoms with Crippen molar-refractivity contribution in [1.29, 1.82) is 0 Å². The number of Topliss-reactive ketones (excluding diaryl/α,β-unsaturated/α-hetero) is 1. The topological polar surface area (TPSA) is 57.6 Å². The summed E-state index contributed by atoms with van der Waals surface area (Å²) in [6, 6.07) is 25.5. The van der Waals surface area contributed by atoms with Crippen molar-refractivity contribution < 1.29 is 14.7 Å². The molecule has 1 saturated heterocycles. The molecule has 0 bridgehead atoms. The first-order valence-electron chi connectivity index (χ1n) is 9.69. The van der Waals surface area contributed by atoms with E-state index in [1.807, 2.05) is 60.7 Å². The number of hydrogen-bond donors (Lipinski definition) is 1. The summed E-state index contributed by atoms with van der Waals surface area (Å²) in [6.07, 6.45) is 0.615. The van der Waals surface area contributed by atoms with Crippen LogP contribution in [0.4, 0.5) is 0 Å². The number of nitrogens with zero attached hydrogens (tertiary/aromatic N) is 1. The highest BCUT2D eigenvalue weighted by Crippen LogP contribution is 2.40. The highest BCUT2D eigenvalue weighted by Gasteiger charge is 2.45. The number of aliphatic hydroxyl groups excluding tert-OH is 1. The Hall–Kier alpha value is -3.18. The van der Waals surface area contributed by atoms with Crippen molar-refractivity contribution in [2.24, 2.45) is 0 Å². The molecule has 0 saturated carbocycles. The van der Waals surface area contributed by atoms with E-state index in [9.17, 15) is 14.7 Å². The van der Waals surface area contributed by atoms with E-state index in [4.69, 9.17) is 0 Å². The van der Waals surface area contributed by atoms with Crippen molar-refractivity contribution in [1.82, 2.24) is 4.90 Å². The molecule has 0 spiro atoms. The summed E-state index contributed by atoms with van der Waals surface area (Å²) in [5, 5.41) is 11.0. The largest absolute Gasteiger partial charge is 0.507 e. The molecule has 150 valence electrons. The fourth-order valence-corrected chi connectivity index (χ4v) is 4.20. The molecule has 1 N–H and O–H groups in total. The van der Waals surface area contributed by atoms with Gasteiger partial charge < -0.3 is 10.0 Å². The Bertz CT molecular complexity index is 1110. The van der Waals surface area contributed by atoms with Crippen LogP contribution in [0.2, 0.25) is 0 Å². The van der Waals surface area contributed by atoms with E-state index in [0.717, 1.165) is 15.6 Å². The van der Waals surface area contributed by atoms with Gasteiger partial charge in [0.1, 0.15) is 5.76 Å². The molecule has 1 unspecified atom stereocenters. The number of benzene rings is 3. The van der Waals surface area contributed by atoms with Gasteiger partial charge in [-0.05, 0) is 29.7 Å². The van der Waals surface area contributed by atoms with Crippen LogP contribution in [0.25, 0.3) is 5.76 Å². The van der Waals surface area contributed by atoms with Gasteiger partial charge in [-0.25, -0.2) is 0 Å². The van der Waals surface area contributed by atoms with Crippen molar-refractivity contribution >= 4 is 33.4 Å². The molecule has 1 heterocycles. The molecule has 30 heavy (non-hydrogen) atoms. The van der Waals surface area contributed by atoms with Gasteiger partial charge in [-0.3, -0.25) is 9.59 Å². The van der Waals surface area contributed by atoms with Gasteiger partial charge in [0, 0.05) is 16.6 Å². The van der Waals surface area contributed by atoms with Crippen LogP contribution >= 0.6 is 15.9 Å². The average Bonchev–Trinajstić information content (AvgIpc) is 3.03. The molecule has 0 radical (unpaired) electrons. The van der Waals surface area contributed by atoms with E-state index in [2.05, 4.69) is 15.9 Å². The summed E-state index contributed by atoms with van der Waals surface area (Å²) in [7, 11) is 0. The fourth-order valence-electron chi connectivity index (χ4n) is 3.78. The monoisotopic (exact) mass is 461 g/mol. The Labute approximate surface area is 183 Å². The molecule has 3 aromatic rings. The standard InChI is InChI=1S/C25H20BrNO3/c26-20-13-7-12-19(16-20)22-21(23(28)18-10-5-2-6-11-18)24(29)25(30)27(22)15-14-17-8-3-1-4-9-17/h1-13,16,22,28H,14-15H2/b23-21+. The van der Waals surface area contributed by atoms with E-state index >= 15 is 0 Å². The molecule has 4 nitrogen and oxygen atoms in total. The normalized spacial score (nSPS) is 18.0. The molecule has 1 aliphatic heterocycles. The highest BCUT2D eigenvalue weighted by molar-refractivity contribution is 9.10. The van der Waals surface area contributed by atoms with Gasteiger partial charge in [-0.2, -0.15) is 0 Å². The number of carbonyl (C=O) groups is 2. The third kappa shape index (κ3) is 3.94. The molecular weight excluding hydrogens is 442 g/mol. The Morgan fingerprint density at radius 3 is 2.23 bits per heavy atom. The van der Waals surface area contributed by atoms with Crippen LogP contribution in [0.5, 0.6) is 0 Å². The van der Waals surface area contributed by atoms with Crippen LogP contribution in [-0.4, -0.2) is 28.2 Å². The minimum Gasteiger partial charge on any atom is -0.507 e. The number of ketones is 1. The second-order valence-corrected chi connectivity index (χ2v) is 8.06. The number of hydrogen-bond acceptors (Lipinski definition) is 3. The quantitative estimate of drug-likeness (QED) is 0.326. The first-order chi connectivity index (χ1) is 14.6. The number of amides is 1. The van der Waals surface area contributed by atoms with Crippen molar-refractivity contribution in [2.75, 3.05) is 6.54 Å². The summed E-state index contributed by atoms with van der Waals surface area (Å²) >= 11 is 3.47. The molecule has 1 amide bonds. The number of likely N-dealkylation sites (tertiary alicyclic amines) is 1. The third-order valence-corrected chi connectivity index (χ3v) is 5.73. The molecule has 1 fully saturated rings. The lowest BCUT2D eigenvalue weighted by Gasteiger charge is -2.25. The third-order valence-electron chi connectivity index (χ3n) is 5.24. The van der Waals surface area contributed by atoms with Gasteiger partial charge in [0.2, 0.25) is 0 Å². The second kappa shape index (κ2) is 8.67. The SMILES string of the molecule is O=C1C(=O)N(CCc2ccccc2)C(c2cccc(Br)c2)/C1=C(\O)c1ccccc1. The van der Waals surface area contributed by atoms with E-state index in [1.165, 1.54) is 0 Å². The number of halogens is 1. The van der Waals surface area contributed by atoms with Crippen molar-refractivity contribution in [3.63, 3.8) is 0 Å². The van der Waals surface area contributed by atoms with Crippen LogP contribution in [0, 0.1) is 0 Å². The smallest absolute Gasteiger partial charge is 0.295 e. The summed E-state index contributed by atoms with van der Waals surface area (Å²) in [4.78, 5) is 27.5. The lowest BCUT2D eigenvalue weighted by Crippen LogP contribution is -2.31. The van der Waals surface area contributed by atoms with E-state index in [0.29, 0.717) is 18.5 Å². The first-order valence-corrected chi connectivity index (χ1v) is 10.5. The molecule has 1 aliphatic rings. The van der Waals surface area contributed by atoms with Crippen molar-refractivity contribution in [3.05, 3.63) is 112 Å². The maximum atomic E-state index is 13.0. The predicted molar refractivity (Wildman–Crippen MR) is 120 cm³/mol. The Morgan fingerprint density at radius 2 is 1.57 bits per heavy atom. The molecule has 0 aromatic heterocycles. The van der Waals surface area contributed by atoms with Crippen LogP contribution in [0.1, 0.15) is 22.7 Å². The molecule has 1 atom stereocenters. The highest BCUT2D eigenvalue weighted by atomic mass is 79.9. The Balaban J connectivity index is 1.79. The zero-order chi connectivity index (χ0) is 21.1. The van der Waals surface area contributed by atoms with Crippen molar-refractivity contribution in [3.8, 4) is 0 Å². The van der Waals surface area contributed by atoms with Gasteiger partial charge in [0.05, 0.1) is 11.6 Å². The van der Waals surface area contributed by atoms with E-state index in [1.54, 1.807) is 29.2 Å². The summed E-state index contributed by atoms with van der Waals surface area (Å²) in [5.74, 6) is -1.40. The predicted octanol–water partition coefficient (Wildman–Crippen LogP) is 5.11. The molecule has 5 heteroatoms. The van der Waals surface area contributed by atoms with Crippen LogP contribution < -0.4 is 0 Å². The summed E-state index contributed by atoms with van der Waals surface area (Å²) < 4.78 is 0.841. The number of rotatable bonds is 5. The lowest BCUT2D eigenvalue weighted by molar-refractivity contribution is -0.139. The van der Waals surface area contributed by atoms with Crippen LogP contribution in [0.3, 0.4) is 0 Å². The number of carbonyl (C=O) groups excluding carboxylic acids is 2. The van der Waals surface area contributed by atoms with E-state index < -0.39 is 17.7 Å². The minimum atomic E-state index is -0.658. The molecular formula is C25H20BrNO3. The van der Waals surface area contributed by atoms with Gasteiger partial charge in [0.15, 0.2) is 0 Å². The Kier molecular flexibility index (Phi) is 5.81. The fraction of sp³-hybridized carbons (Fsp3) is 0.120. The van der Waals surface area contributed by atoms with Crippen LogP contribution in [-0.2, 0) is 16.0 Å². The van der Waals surface area contributed by atoms with Crippen molar-refractivity contribution in [2.45, 2.75) is 12.5 Å². The molecule has 0 aliphatic carbocycles.